The van der Waals surface area contributed by atoms with Crippen molar-refractivity contribution < 1.29 is 14.6 Å². The molecule has 1 aromatic heterocycles. The van der Waals surface area contributed by atoms with Gasteiger partial charge < -0.3 is 15.2 Å². The molecule has 4 rings (SSSR count). The van der Waals surface area contributed by atoms with Gasteiger partial charge in [0.25, 0.3) is 0 Å². The van der Waals surface area contributed by atoms with Crippen LogP contribution in [0.25, 0.3) is 5.69 Å². The molecule has 0 spiro atoms. The van der Waals surface area contributed by atoms with E-state index in [9.17, 15) is 9.90 Å². The van der Waals surface area contributed by atoms with Crippen LogP contribution < -0.4 is 10.1 Å². The molecule has 0 saturated carbocycles. The fraction of sp³-hybridized carbons (Fsp3) is 0.333. The molecule has 168 valence electrons. The molecule has 3 aromatic rings. The number of aromatic nitrogens is 2. The third kappa shape index (κ3) is 4.80. The molecule has 1 aliphatic heterocycles. The first kappa shape index (κ1) is 22.3. The Morgan fingerprint density at radius 3 is 2.62 bits per heavy atom. The number of carbonyl (C=O) groups excluding carboxylic acids is 1. The maximum Gasteiger partial charge on any atom is 0.242 e. The van der Waals surface area contributed by atoms with E-state index in [2.05, 4.69) is 5.32 Å². The fourth-order valence-electron chi connectivity index (χ4n) is 4.14. The third-order valence-electron chi connectivity index (χ3n) is 5.63. The summed E-state index contributed by atoms with van der Waals surface area (Å²) in [5, 5.41) is 18.9. The van der Waals surface area contributed by atoms with Gasteiger partial charge in [-0.2, -0.15) is 5.10 Å². The summed E-state index contributed by atoms with van der Waals surface area (Å²) in [7, 11) is 0. The highest BCUT2D eigenvalue weighted by molar-refractivity contribution is 6.30. The largest absolute Gasteiger partial charge is 0.491 e. The number of aryl methyl sites for hydroxylation is 1. The Morgan fingerprint density at radius 2 is 1.91 bits per heavy atom. The zero-order chi connectivity index (χ0) is 22.7. The lowest BCUT2D eigenvalue weighted by molar-refractivity contribution is -0.130. The van der Waals surface area contributed by atoms with Gasteiger partial charge in [-0.15, -0.1) is 0 Å². The van der Waals surface area contributed by atoms with E-state index >= 15 is 0 Å². The topological polar surface area (TPSA) is 79.6 Å². The van der Waals surface area contributed by atoms with Gasteiger partial charge in [0.15, 0.2) is 0 Å². The number of rotatable bonds is 7. The Hall–Kier alpha value is -2.87. The van der Waals surface area contributed by atoms with Crippen molar-refractivity contribution in [3.63, 3.8) is 0 Å². The van der Waals surface area contributed by atoms with Crippen LogP contribution in [0.5, 0.6) is 5.75 Å². The number of ether oxygens (including phenoxy) is 1. The van der Waals surface area contributed by atoms with Gasteiger partial charge >= 0.3 is 0 Å². The molecule has 2 N–H and O–H groups in total. The molecular formula is C24H27ClN4O3. The van der Waals surface area contributed by atoms with Crippen LogP contribution in [0.1, 0.15) is 23.0 Å². The Bertz CT molecular complexity index is 1070. The van der Waals surface area contributed by atoms with Gasteiger partial charge in [0, 0.05) is 35.9 Å². The van der Waals surface area contributed by atoms with Crippen molar-refractivity contribution in [1.82, 2.24) is 20.0 Å². The molecular weight excluding hydrogens is 428 g/mol. The second-order valence-corrected chi connectivity index (χ2v) is 8.38. The van der Waals surface area contributed by atoms with E-state index in [4.69, 9.17) is 21.4 Å². The maximum absolute atomic E-state index is 12.9. The Balaban J connectivity index is 1.52. The highest BCUT2D eigenvalue weighted by atomic mass is 35.5. The van der Waals surface area contributed by atoms with Crippen molar-refractivity contribution in [2.24, 2.45) is 0 Å². The molecule has 1 fully saturated rings. The lowest BCUT2D eigenvalue weighted by Gasteiger charge is -2.36. The van der Waals surface area contributed by atoms with E-state index in [1.54, 1.807) is 24.3 Å². The van der Waals surface area contributed by atoms with E-state index in [0.29, 0.717) is 30.4 Å². The van der Waals surface area contributed by atoms with Crippen LogP contribution in [0.4, 0.5) is 0 Å². The van der Waals surface area contributed by atoms with Crippen LogP contribution in [0.3, 0.4) is 0 Å². The first-order valence-corrected chi connectivity index (χ1v) is 11.0. The molecule has 0 radical (unpaired) electrons. The number of benzene rings is 2. The molecule has 1 aliphatic rings. The molecule has 2 atom stereocenters. The van der Waals surface area contributed by atoms with Gasteiger partial charge in [-0.1, -0.05) is 29.8 Å². The second-order valence-electron chi connectivity index (χ2n) is 7.94. The average molecular weight is 455 g/mol. The smallest absolute Gasteiger partial charge is 0.242 e. The van der Waals surface area contributed by atoms with Crippen molar-refractivity contribution in [3.8, 4) is 11.4 Å². The van der Waals surface area contributed by atoms with Gasteiger partial charge in [-0.3, -0.25) is 9.69 Å². The highest BCUT2D eigenvalue weighted by Gasteiger charge is 2.36. The van der Waals surface area contributed by atoms with Crippen molar-refractivity contribution in [3.05, 3.63) is 76.6 Å². The number of nitrogens with one attached hydrogen (secondary N) is 1. The van der Waals surface area contributed by atoms with Gasteiger partial charge in [-0.25, -0.2) is 4.68 Å². The first-order valence-electron chi connectivity index (χ1n) is 10.6. The van der Waals surface area contributed by atoms with Crippen LogP contribution in [0.15, 0.2) is 54.6 Å². The molecule has 0 bridgehead atoms. The standard InChI is InChI=1S/C24H27ClN4O3/c1-16-22(17(2)29(27-16)19-6-4-3-5-7-19)23-24(31)26-12-13-28(23)14-20(30)15-32-21-10-8-18(25)9-11-21/h3-11,20,23,30H,12-15H2,1-2H3,(H,26,31)/t20-,23-/m1/s1. The third-order valence-corrected chi connectivity index (χ3v) is 5.89. The van der Waals surface area contributed by atoms with E-state index in [0.717, 1.165) is 22.6 Å². The molecule has 1 amide bonds. The molecule has 1 saturated heterocycles. The zero-order valence-corrected chi connectivity index (χ0v) is 18.9. The number of hydrogen-bond donors (Lipinski definition) is 2. The van der Waals surface area contributed by atoms with Gasteiger partial charge in [-0.05, 0) is 50.2 Å². The minimum atomic E-state index is -0.760. The number of aliphatic hydroxyl groups is 1. The fourth-order valence-corrected chi connectivity index (χ4v) is 4.27. The van der Waals surface area contributed by atoms with Gasteiger partial charge in [0.1, 0.15) is 24.5 Å². The summed E-state index contributed by atoms with van der Waals surface area (Å²) in [5.74, 6) is 0.554. The average Bonchev–Trinajstić information content (AvgIpc) is 3.08. The molecule has 2 aromatic carbocycles. The summed E-state index contributed by atoms with van der Waals surface area (Å²) in [6, 6.07) is 16.3. The summed E-state index contributed by atoms with van der Waals surface area (Å²) in [4.78, 5) is 14.9. The Kier molecular flexibility index (Phi) is 6.79. The van der Waals surface area contributed by atoms with Gasteiger partial charge in [0.05, 0.1) is 11.4 Å². The quantitative estimate of drug-likeness (QED) is 0.573. The number of amides is 1. The predicted molar refractivity (Wildman–Crippen MR) is 123 cm³/mol. The van der Waals surface area contributed by atoms with Crippen molar-refractivity contribution in [2.45, 2.75) is 26.0 Å². The molecule has 0 aliphatic carbocycles. The first-order chi connectivity index (χ1) is 15.4. The monoisotopic (exact) mass is 454 g/mol. The summed E-state index contributed by atoms with van der Waals surface area (Å²) in [5.41, 5.74) is 3.52. The number of aliphatic hydroxyl groups excluding tert-OH is 1. The van der Waals surface area contributed by atoms with Gasteiger partial charge in [0.2, 0.25) is 5.91 Å². The Morgan fingerprint density at radius 1 is 1.19 bits per heavy atom. The number of β-amino-alcohol motifs (C(OH)–C–C–N with tert-alkyl or cyclic N) is 1. The molecule has 32 heavy (non-hydrogen) atoms. The van der Waals surface area contributed by atoms with E-state index in [-0.39, 0.29) is 12.5 Å². The number of piperazine rings is 1. The number of nitrogens with zero attached hydrogens (tertiary/aromatic N) is 3. The number of para-hydroxylation sites is 1. The second kappa shape index (κ2) is 9.73. The van der Waals surface area contributed by atoms with E-state index in [1.807, 2.05) is 53.8 Å². The van der Waals surface area contributed by atoms with Crippen LogP contribution in [0, 0.1) is 13.8 Å². The zero-order valence-electron chi connectivity index (χ0n) is 18.2. The number of hydrogen-bond acceptors (Lipinski definition) is 5. The Labute approximate surface area is 192 Å². The van der Waals surface area contributed by atoms with Crippen LogP contribution in [-0.4, -0.2) is 58.0 Å². The minimum Gasteiger partial charge on any atom is -0.491 e. The lowest BCUT2D eigenvalue weighted by atomic mass is 10.00. The maximum atomic E-state index is 12.9. The number of carbonyl (C=O) groups is 1. The molecule has 8 heteroatoms. The molecule has 2 heterocycles. The van der Waals surface area contributed by atoms with E-state index in [1.165, 1.54) is 0 Å². The predicted octanol–water partition coefficient (Wildman–Crippen LogP) is 3.06. The summed E-state index contributed by atoms with van der Waals surface area (Å²) in [6.07, 6.45) is -0.760. The van der Waals surface area contributed by atoms with E-state index < -0.39 is 12.1 Å². The summed E-state index contributed by atoms with van der Waals surface area (Å²) >= 11 is 5.90. The molecule has 7 nitrogen and oxygen atoms in total. The van der Waals surface area contributed by atoms with Crippen LogP contribution >= 0.6 is 11.6 Å². The molecule has 0 unspecified atom stereocenters. The lowest BCUT2D eigenvalue weighted by Crippen LogP contribution is -2.52. The van der Waals surface area contributed by atoms with Crippen LogP contribution in [0.2, 0.25) is 5.02 Å². The SMILES string of the molecule is Cc1nn(-c2ccccc2)c(C)c1[C@@H]1C(=O)NCCN1C[C@@H](O)COc1ccc(Cl)cc1. The van der Waals surface area contributed by atoms with Crippen LogP contribution in [-0.2, 0) is 4.79 Å². The van der Waals surface area contributed by atoms with Crippen molar-refractivity contribution >= 4 is 17.5 Å². The highest BCUT2D eigenvalue weighted by Crippen LogP contribution is 2.30. The summed E-state index contributed by atoms with van der Waals surface area (Å²) < 4.78 is 7.56. The number of halogens is 1. The normalized spacial score (nSPS) is 17.8. The van der Waals surface area contributed by atoms with Crippen molar-refractivity contribution in [1.29, 1.82) is 0 Å². The minimum absolute atomic E-state index is 0.0825. The summed E-state index contributed by atoms with van der Waals surface area (Å²) in [6.45, 7) is 5.48. The van der Waals surface area contributed by atoms with Crippen molar-refractivity contribution in [2.75, 3.05) is 26.2 Å².